The summed E-state index contributed by atoms with van der Waals surface area (Å²) in [6.45, 7) is 0.986. The summed E-state index contributed by atoms with van der Waals surface area (Å²) >= 11 is 0. The van der Waals surface area contributed by atoms with Crippen LogP contribution in [0, 0.1) is 0 Å². The summed E-state index contributed by atoms with van der Waals surface area (Å²) < 4.78 is 0. The Bertz CT molecular complexity index is 391. The van der Waals surface area contributed by atoms with E-state index in [1.807, 2.05) is 18.2 Å². The molecule has 1 aromatic carbocycles. The molecule has 1 aliphatic carbocycles. The number of Topliss-reactive ketones (excluding diaryl/α,β-unsaturated/α-hetero) is 1. The first-order chi connectivity index (χ1) is 6.82. The van der Waals surface area contributed by atoms with E-state index >= 15 is 0 Å². The quantitative estimate of drug-likeness (QED) is 0.667. The number of hydrogen-bond donors (Lipinski definition) is 1. The molecule has 72 valence electrons. The van der Waals surface area contributed by atoms with Crippen molar-refractivity contribution in [1.29, 1.82) is 0 Å². The minimum Gasteiger partial charge on any atom is -0.304 e. The number of nitrogens with one attached hydrogen (secondary N) is 1. The van der Waals surface area contributed by atoms with Crippen molar-refractivity contribution in [2.75, 3.05) is 6.54 Å². The molecular formula is C12H13NO. The zero-order valence-corrected chi connectivity index (χ0v) is 8.05. The molecule has 1 spiro atoms. The highest BCUT2D eigenvalue weighted by molar-refractivity contribution is 6.07. The second kappa shape index (κ2) is 2.67. The monoisotopic (exact) mass is 187 g/mol. The van der Waals surface area contributed by atoms with Gasteiger partial charge in [0.15, 0.2) is 5.78 Å². The topological polar surface area (TPSA) is 29.1 Å². The van der Waals surface area contributed by atoms with Crippen LogP contribution in [0.2, 0.25) is 0 Å². The van der Waals surface area contributed by atoms with Crippen LogP contribution in [-0.4, -0.2) is 17.9 Å². The molecule has 1 atom stereocenters. The molecule has 0 bridgehead atoms. The molecule has 1 fully saturated rings. The van der Waals surface area contributed by atoms with Crippen LogP contribution in [0.3, 0.4) is 0 Å². The molecule has 1 N–H and O–H groups in total. The number of hydrogen-bond acceptors (Lipinski definition) is 2. The highest BCUT2D eigenvalue weighted by Crippen LogP contribution is 2.35. The van der Waals surface area contributed by atoms with E-state index in [2.05, 4.69) is 11.4 Å². The van der Waals surface area contributed by atoms with Crippen LogP contribution >= 0.6 is 0 Å². The van der Waals surface area contributed by atoms with Crippen molar-refractivity contribution in [3.63, 3.8) is 0 Å². The maximum Gasteiger partial charge on any atom is 0.183 e. The highest BCUT2D eigenvalue weighted by atomic mass is 16.1. The molecule has 1 aliphatic heterocycles. The lowest BCUT2D eigenvalue weighted by Gasteiger charge is -2.20. The summed E-state index contributed by atoms with van der Waals surface area (Å²) in [5.41, 5.74) is 1.91. The van der Waals surface area contributed by atoms with E-state index in [1.165, 1.54) is 5.56 Å². The van der Waals surface area contributed by atoms with Gasteiger partial charge in [0.25, 0.3) is 0 Å². The van der Waals surface area contributed by atoms with Gasteiger partial charge in [-0.25, -0.2) is 0 Å². The van der Waals surface area contributed by atoms with E-state index in [1.54, 1.807) is 0 Å². The minimum atomic E-state index is -0.232. The van der Waals surface area contributed by atoms with Crippen LogP contribution in [0.25, 0.3) is 0 Å². The van der Waals surface area contributed by atoms with Crippen molar-refractivity contribution < 1.29 is 4.79 Å². The second-order valence-corrected chi connectivity index (χ2v) is 4.28. The van der Waals surface area contributed by atoms with Crippen molar-refractivity contribution >= 4 is 5.78 Å². The Morgan fingerprint density at radius 2 is 2.14 bits per heavy atom. The average Bonchev–Trinajstić information content (AvgIpc) is 2.77. The molecule has 1 heterocycles. The number of fused-ring (bicyclic) bond motifs is 1. The van der Waals surface area contributed by atoms with Crippen LogP contribution in [0.4, 0.5) is 0 Å². The Kier molecular flexibility index (Phi) is 1.56. The van der Waals surface area contributed by atoms with E-state index in [4.69, 9.17) is 0 Å². The summed E-state index contributed by atoms with van der Waals surface area (Å²) in [6, 6.07) is 7.99. The third kappa shape index (κ3) is 0.919. The normalized spacial score (nSPS) is 29.9. The molecule has 1 unspecified atom stereocenters. The van der Waals surface area contributed by atoms with Gasteiger partial charge in [0.1, 0.15) is 0 Å². The van der Waals surface area contributed by atoms with Gasteiger partial charge in [-0.3, -0.25) is 4.79 Å². The number of rotatable bonds is 0. The minimum absolute atomic E-state index is 0.232. The van der Waals surface area contributed by atoms with Gasteiger partial charge in [0.05, 0.1) is 5.54 Å². The predicted octanol–water partition coefficient (Wildman–Crippen LogP) is 1.55. The van der Waals surface area contributed by atoms with Gasteiger partial charge >= 0.3 is 0 Å². The zero-order chi connectivity index (χ0) is 9.60. The van der Waals surface area contributed by atoms with Crippen molar-refractivity contribution in [1.82, 2.24) is 5.32 Å². The van der Waals surface area contributed by atoms with Gasteiger partial charge in [0, 0.05) is 5.56 Å². The fourth-order valence-electron chi connectivity index (χ4n) is 2.71. The number of benzene rings is 1. The fraction of sp³-hybridized carbons (Fsp3) is 0.417. The molecule has 0 radical (unpaired) electrons. The number of carbonyl (C=O) groups excluding carboxylic acids is 1. The summed E-state index contributed by atoms with van der Waals surface area (Å²) in [7, 11) is 0. The molecule has 0 aromatic heterocycles. The SMILES string of the molecule is O=C1c2ccccc2CC12CCCN2. The molecule has 2 nitrogen and oxygen atoms in total. The Morgan fingerprint density at radius 3 is 2.86 bits per heavy atom. The van der Waals surface area contributed by atoms with Crippen molar-refractivity contribution in [3.8, 4) is 0 Å². The van der Waals surface area contributed by atoms with Gasteiger partial charge in [-0.1, -0.05) is 24.3 Å². The zero-order valence-electron chi connectivity index (χ0n) is 8.05. The Balaban J connectivity index is 2.09. The Hall–Kier alpha value is -1.15. The van der Waals surface area contributed by atoms with E-state index in [0.29, 0.717) is 5.78 Å². The lowest BCUT2D eigenvalue weighted by Crippen LogP contribution is -2.45. The van der Waals surface area contributed by atoms with E-state index in [0.717, 1.165) is 31.4 Å². The summed E-state index contributed by atoms with van der Waals surface area (Å²) in [5, 5.41) is 3.38. The summed E-state index contributed by atoms with van der Waals surface area (Å²) in [6.07, 6.45) is 3.02. The molecule has 2 heteroatoms. The first-order valence-electron chi connectivity index (χ1n) is 5.20. The Labute approximate surface area is 83.3 Å². The van der Waals surface area contributed by atoms with Crippen LogP contribution in [0.1, 0.15) is 28.8 Å². The average molecular weight is 187 g/mol. The van der Waals surface area contributed by atoms with Gasteiger partial charge in [-0.05, 0) is 31.4 Å². The first kappa shape index (κ1) is 8.18. The summed E-state index contributed by atoms with van der Waals surface area (Å²) in [5.74, 6) is 0.311. The van der Waals surface area contributed by atoms with Crippen LogP contribution in [0.5, 0.6) is 0 Å². The second-order valence-electron chi connectivity index (χ2n) is 4.28. The predicted molar refractivity (Wildman–Crippen MR) is 54.4 cm³/mol. The van der Waals surface area contributed by atoms with Crippen molar-refractivity contribution in [2.45, 2.75) is 24.8 Å². The molecule has 0 amide bonds. The smallest absolute Gasteiger partial charge is 0.183 e. The third-order valence-electron chi connectivity index (χ3n) is 3.43. The van der Waals surface area contributed by atoms with Crippen LogP contribution in [0.15, 0.2) is 24.3 Å². The number of carbonyl (C=O) groups is 1. The van der Waals surface area contributed by atoms with E-state index in [-0.39, 0.29) is 5.54 Å². The number of ketones is 1. The van der Waals surface area contributed by atoms with Crippen molar-refractivity contribution in [2.24, 2.45) is 0 Å². The van der Waals surface area contributed by atoms with Gasteiger partial charge in [-0.2, -0.15) is 0 Å². The molecule has 2 aliphatic rings. The van der Waals surface area contributed by atoms with Crippen LogP contribution < -0.4 is 5.32 Å². The molecular weight excluding hydrogens is 174 g/mol. The van der Waals surface area contributed by atoms with Crippen LogP contribution in [-0.2, 0) is 6.42 Å². The largest absolute Gasteiger partial charge is 0.304 e. The molecule has 14 heavy (non-hydrogen) atoms. The maximum atomic E-state index is 12.2. The third-order valence-corrected chi connectivity index (χ3v) is 3.43. The first-order valence-corrected chi connectivity index (χ1v) is 5.20. The molecule has 1 saturated heterocycles. The maximum absolute atomic E-state index is 12.2. The van der Waals surface area contributed by atoms with Crippen molar-refractivity contribution in [3.05, 3.63) is 35.4 Å². The lowest BCUT2D eigenvalue weighted by molar-refractivity contribution is 0.0890. The fourth-order valence-corrected chi connectivity index (χ4v) is 2.71. The van der Waals surface area contributed by atoms with Gasteiger partial charge in [0.2, 0.25) is 0 Å². The van der Waals surface area contributed by atoms with E-state index < -0.39 is 0 Å². The van der Waals surface area contributed by atoms with Gasteiger partial charge in [-0.15, -0.1) is 0 Å². The summed E-state index contributed by atoms with van der Waals surface area (Å²) in [4.78, 5) is 12.2. The Morgan fingerprint density at radius 1 is 1.29 bits per heavy atom. The highest BCUT2D eigenvalue weighted by Gasteiger charge is 2.46. The molecule has 0 saturated carbocycles. The standard InChI is InChI=1S/C12H13NO/c14-11-10-5-2-1-4-9(10)8-12(11)6-3-7-13-12/h1-2,4-5,13H,3,6-8H2. The lowest BCUT2D eigenvalue weighted by atomic mass is 9.93. The molecule has 3 rings (SSSR count). The molecule has 1 aromatic rings. The van der Waals surface area contributed by atoms with Gasteiger partial charge < -0.3 is 5.32 Å². The van der Waals surface area contributed by atoms with E-state index in [9.17, 15) is 4.79 Å².